The summed E-state index contributed by atoms with van der Waals surface area (Å²) in [7, 11) is -2.09. The van der Waals surface area contributed by atoms with Crippen LogP contribution in [-0.2, 0) is 29.0 Å². The molecule has 31 heavy (non-hydrogen) atoms. The Kier molecular flexibility index (Phi) is 8.33. The van der Waals surface area contributed by atoms with Crippen molar-refractivity contribution in [2.75, 3.05) is 53.2 Å². The van der Waals surface area contributed by atoms with Gasteiger partial charge in [0.1, 0.15) is 6.61 Å². The van der Waals surface area contributed by atoms with Crippen LogP contribution in [0.5, 0.6) is 0 Å². The van der Waals surface area contributed by atoms with Crippen LogP contribution in [0.4, 0.5) is 0 Å². The second-order valence-electron chi connectivity index (χ2n) is 7.38. The van der Waals surface area contributed by atoms with E-state index in [0.717, 1.165) is 10.9 Å². The van der Waals surface area contributed by atoms with Gasteiger partial charge in [-0.15, -0.1) is 0 Å². The van der Waals surface area contributed by atoms with E-state index in [9.17, 15) is 13.2 Å². The number of hydrogen-bond donors (Lipinski definition) is 1. The lowest BCUT2D eigenvalue weighted by Crippen LogP contribution is -2.40. The molecule has 10 heteroatoms. The van der Waals surface area contributed by atoms with Crippen molar-refractivity contribution < 1.29 is 27.4 Å². The van der Waals surface area contributed by atoms with E-state index in [1.807, 2.05) is 13.0 Å². The van der Waals surface area contributed by atoms with Crippen molar-refractivity contribution in [1.82, 2.24) is 14.6 Å². The summed E-state index contributed by atoms with van der Waals surface area (Å²) in [6.07, 6.45) is 3.88. The maximum absolute atomic E-state index is 13.3. The highest BCUT2D eigenvalue weighted by Gasteiger charge is 2.34. The average Bonchev–Trinajstić information content (AvgIpc) is 3.22. The molecule has 1 fully saturated rings. The summed E-state index contributed by atoms with van der Waals surface area (Å²) in [4.78, 5) is 16.5. The molecule has 2 heterocycles. The van der Waals surface area contributed by atoms with Crippen molar-refractivity contribution in [2.45, 2.75) is 24.3 Å². The molecule has 0 saturated carbocycles. The number of methoxy groups -OCH3 is 1. The minimum atomic E-state index is -3.69. The summed E-state index contributed by atoms with van der Waals surface area (Å²) in [5.74, 6) is -0.270. The van der Waals surface area contributed by atoms with Crippen LogP contribution in [0.1, 0.15) is 12.0 Å². The number of pyridine rings is 1. The average molecular weight is 452 g/mol. The number of carbonyl (C=O) groups is 1. The minimum absolute atomic E-state index is 0.0909. The van der Waals surface area contributed by atoms with Gasteiger partial charge in [0.15, 0.2) is 0 Å². The van der Waals surface area contributed by atoms with Gasteiger partial charge >= 0.3 is 0 Å². The summed E-state index contributed by atoms with van der Waals surface area (Å²) >= 11 is 0. The van der Waals surface area contributed by atoms with Crippen LogP contribution in [-0.4, -0.2) is 82.9 Å². The predicted molar refractivity (Wildman–Crippen MR) is 115 cm³/mol. The number of nitrogens with one attached hydrogen (secondary N) is 1. The van der Waals surface area contributed by atoms with Gasteiger partial charge in [-0.25, -0.2) is 8.42 Å². The summed E-state index contributed by atoms with van der Waals surface area (Å²) in [6, 6.07) is 4.95. The Morgan fingerprint density at radius 2 is 1.97 bits per heavy atom. The van der Waals surface area contributed by atoms with E-state index in [4.69, 9.17) is 14.2 Å². The lowest BCUT2D eigenvalue weighted by atomic mass is 10.1. The van der Waals surface area contributed by atoms with E-state index < -0.39 is 10.0 Å². The highest BCUT2D eigenvalue weighted by Crippen LogP contribution is 2.29. The number of benzene rings is 1. The quantitative estimate of drug-likeness (QED) is 0.510. The van der Waals surface area contributed by atoms with Crippen LogP contribution in [0.2, 0.25) is 0 Å². The Bertz CT molecular complexity index is 993. The molecule has 1 aromatic heterocycles. The molecule has 1 saturated heterocycles. The number of amides is 1. The third-order valence-electron chi connectivity index (χ3n) is 5.11. The van der Waals surface area contributed by atoms with Crippen molar-refractivity contribution in [2.24, 2.45) is 0 Å². The first-order chi connectivity index (χ1) is 14.9. The van der Waals surface area contributed by atoms with Crippen molar-refractivity contribution in [3.05, 3.63) is 36.2 Å². The van der Waals surface area contributed by atoms with Crippen molar-refractivity contribution in [1.29, 1.82) is 0 Å². The van der Waals surface area contributed by atoms with Gasteiger partial charge in [0.2, 0.25) is 15.9 Å². The molecule has 0 radical (unpaired) electrons. The van der Waals surface area contributed by atoms with Crippen LogP contribution in [0.15, 0.2) is 35.5 Å². The molecule has 2 aromatic rings. The van der Waals surface area contributed by atoms with Gasteiger partial charge in [-0.1, -0.05) is 12.1 Å². The minimum Gasteiger partial charge on any atom is -0.382 e. The maximum atomic E-state index is 13.3. The van der Waals surface area contributed by atoms with Crippen LogP contribution < -0.4 is 5.32 Å². The van der Waals surface area contributed by atoms with E-state index in [-0.39, 0.29) is 30.0 Å². The zero-order valence-electron chi connectivity index (χ0n) is 17.9. The number of fused-ring (bicyclic) bond motifs is 1. The number of aromatic nitrogens is 1. The van der Waals surface area contributed by atoms with Gasteiger partial charge in [-0.3, -0.25) is 9.78 Å². The number of rotatable bonds is 11. The van der Waals surface area contributed by atoms with Crippen LogP contribution in [0.3, 0.4) is 0 Å². The van der Waals surface area contributed by atoms with Crippen LogP contribution in [0.25, 0.3) is 10.8 Å². The molecule has 1 aromatic carbocycles. The van der Waals surface area contributed by atoms with Gasteiger partial charge in [-0.05, 0) is 25.0 Å². The monoisotopic (exact) mass is 451 g/mol. The number of carbonyl (C=O) groups excluding carboxylic acids is 1. The molecule has 9 nitrogen and oxygen atoms in total. The zero-order valence-corrected chi connectivity index (χ0v) is 18.7. The molecular formula is C21H29N3O6S. The number of sulfonamides is 1. The lowest BCUT2D eigenvalue weighted by Gasteiger charge is -2.19. The van der Waals surface area contributed by atoms with E-state index in [1.165, 1.54) is 4.31 Å². The molecule has 3 rings (SSSR count). The standard InChI is InChI=1S/C21H29N3O6S/c1-16-12-22-13-17-4-3-5-19(21(16)17)31(26,27)24-7-6-18(14-24)23-20(25)15-30-11-10-29-9-8-28-2/h3-5,12-13,18H,6-11,14-15H2,1-2H3,(H,23,25)/t18-/m1/s1. The lowest BCUT2D eigenvalue weighted by molar-refractivity contribution is -0.126. The van der Waals surface area contributed by atoms with Crippen molar-refractivity contribution in [3.8, 4) is 0 Å². The van der Waals surface area contributed by atoms with Gasteiger partial charge in [0, 0.05) is 49.4 Å². The topological polar surface area (TPSA) is 107 Å². The smallest absolute Gasteiger partial charge is 0.246 e. The third-order valence-corrected chi connectivity index (χ3v) is 7.01. The molecule has 0 spiro atoms. The van der Waals surface area contributed by atoms with Gasteiger partial charge in [0.05, 0.1) is 31.3 Å². The first kappa shape index (κ1) is 23.6. The zero-order chi connectivity index (χ0) is 22.3. The Morgan fingerprint density at radius 3 is 2.77 bits per heavy atom. The first-order valence-corrected chi connectivity index (χ1v) is 11.6. The number of ether oxygens (including phenoxy) is 3. The molecule has 1 atom stereocenters. The molecule has 1 aliphatic rings. The van der Waals surface area contributed by atoms with Gasteiger partial charge in [0.25, 0.3) is 0 Å². The highest BCUT2D eigenvalue weighted by molar-refractivity contribution is 7.89. The molecule has 1 N–H and O–H groups in total. The molecule has 170 valence electrons. The fourth-order valence-electron chi connectivity index (χ4n) is 3.59. The Morgan fingerprint density at radius 1 is 1.19 bits per heavy atom. The number of nitrogens with zero attached hydrogens (tertiary/aromatic N) is 2. The summed E-state index contributed by atoms with van der Waals surface area (Å²) in [5.41, 5.74) is 0.809. The third kappa shape index (κ3) is 5.98. The molecule has 0 unspecified atom stereocenters. The molecule has 1 amide bonds. The molecule has 1 aliphatic heterocycles. The Labute approximate surface area is 182 Å². The predicted octanol–water partition coefficient (Wildman–Crippen LogP) is 1.10. The highest BCUT2D eigenvalue weighted by atomic mass is 32.2. The fraction of sp³-hybridized carbons (Fsp3) is 0.524. The largest absolute Gasteiger partial charge is 0.382 e. The van der Waals surface area contributed by atoms with Gasteiger partial charge in [-0.2, -0.15) is 4.31 Å². The summed E-state index contributed by atoms with van der Waals surface area (Å²) in [5, 5.41) is 4.32. The molecule has 0 bridgehead atoms. The van der Waals surface area contributed by atoms with E-state index >= 15 is 0 Å². The Balaban J connectivity index is 1.53. The first-order valence-electron chi connectivity index (χ1n) is 10.2. The summed E-state index contributed by atoms with van der Waals surface area (Å²) < 4.78 is 43.4. The van der Waals surface area contributed by atoms with E-state index in [1.54, 1.807) is 31.6 Å². The van der Waals surface area contributed by atoms with Crippen molar-refractivity contribution in [3.63, 3.8) is 0 Å². The fourth-order valence-corrected chi connectivity index (χ4v) is 5.37. The summed E-state index contributed by atoms with van der Waals surface area (Å²) in [6.45, 7) is 4.01. The van der Waals surface area contributed by atoms with Crippen LogP contribution >= 0.6 is 0 Å². The number of hydrogen-bond acceptors (Lipinski definition) is 7. The Hall–Kier alpha value is -2.11. The van der Waals surface area contributed by atoms with Crippen LogP contribution in [0, 0.1) is 6.92 Å². The van der Waals surface area contributed by atoms with Gasteiger partial charge < -0.3 is 19.5 Å². The van der Waals surface area contributed by atoms with Crippen molar-refractivity contribution >= 4 is 26.7 Å². The SMILES string of the molecule is COCCOCCOCC(=O)N[C@@H]1CCN(S(=O)(=O)c2cccc3cncc(C)c23)C1. The normalized spacial score (nSPS) is 17.3. The second kappa shape index (κ2) is 11.0. The molecular weight excluding hydrogens is 422 g/mol. The molecule has 0 aliphatic carbocycles. The maximum Gasteiger partial charge on any atom is 0.246 e. The number of aryl methyl sites for hydroxylation is 1. The van der Waals surface area contributed by atoms with E-state index in [0.29, 0.717) is 44.8 Å². The van der Waals surface area contributed by atoms with E-state index in [2.05, 4.69) is 10.3 Å². The second-order valence-corrected chi connectivity index (χ2v) is 9.29.